The minimum absolute atomic E-state index is 0. The number of aromatic nitrogens is 1. The molecule has 196 valence electrons. The Balaban J connectivity index is 0.000000661. The third-order valence-corrected chi connectivity index (χ3v) is 6.06. The molecule has 0 unspecified atom stereocenters. The Labute approximate surface area is 245 Å². The number of thioether (sulfide) groups is 1. The van der Waals surface area contributed by atoms with Gasteiger partial charge in [-0.1, -0.05) is 38.0 Å². The van der Waals surface area contributed by atoms with Gasteiger partial charge in [-0.3, -0.25) is 0 Å². The van der Waals surface area contributed by atoms with Crippen molar-refractivity contribution in [2.24, 2.45) is 0 Å². The van der Waals surface area contributed by atoms with Crippen molar-refractivity contribution in [1.82, 2.24) is 9.88 Å². The molecule has 0 aliphatic carbocycles. The fourth-order valence-corrected chi connectivity index (χ4v) is 3.97. The van der Waals surface area contributed by atoms with Gasteiger partial charge >= 0.3 is 35.7 Å². The smallest absolute Gasteiger partial charge is 0.495 e. The van der Waals surface area contributed by atoms with Crippen molar-refractivity contribution < 1.29 is 47.5 Å². The largest absolute Gasteiger partial charge is 1.00 e. The summed E-state index contributed by atoms with van der Waals surface area (Å²) in [4.78, 5) is 1.07. The average Bonchev–Trinajstić information content (AvgIpc) is 3.20. The number of rotatable bonds is 10. The molecule has 0 radical (unpaired) electrons. The Kier molecular flexibility index (Phi) is 15.9. The average molecular weight is 542 g/mol. The monoisotopic (exact) mass is 541 g/mol. The van der Waals surface area contributed by atoms with Crippen LogP contribution in [0.15, 0.2) is 47.4 Å². The predicted molar refractivity (Wildman–Crippen MR) is 145 cm³/mol. The first-order chi connectivity index (χ1) is 17.3. The van der Waals surface area contributed by atoms with E-state index in [0.717, 1.165) is 10.6 Å². The van der Waals surface area contributed by atoms with Crippen LogP contribution in [-0.4, -0.2) is 44.2 Å². The fraction of sp³-hybridized carbons (Fsp3) is 0.429. The van der Waals surface area contributed by atoms with Gasteiger partial charge in [-0.05, 0) is 50.0 Å². The summed E-state index contributed by atoms with van der Waals surface area (Å²) in [5.41, 5.74) is 1.55. The van der Waals surface area contributed by atoms with E-state index >= 15 is 0 Å². The Hall–Kier alpha value is -1.76. The number of fused-ring (bicyclic) bond motifs is 1. The Morgan fingerprint density at radius 1 is 1.14 bits per heavy atom. The van der Waals surface area contributed by atoms with Gasteiger partial charge < -0.3 is 19.9 Å². The molecule has 37 heavy (non-hydrogen) atoms. The van der Waals surface area contributed by atoms with Gasteiger partial charge in [0.15, 0.2) is 0 Å². The molecule has 0 amide bonds. The van der Waals surface area contributed by atoms with Crippen LogP contribution in [0, 0.1) is 17.9 Å². The molecule has 0 aliphatic rings. The van der Waals surface area contributed by atoms with Crippen LogP contribution in [0.5, 0.6) is 5.75 Å². The second-order valence-electron chi connectivity index (χ2n) is 8.09. The predicted octanol–water partition coefficient (Wildman–Crippen LogP) is 3.99. The number of nitrogens with zero attached hydrogens (tertiary/aromatic N) is 1. The molecule has 2 N–H and O–H groups in total. The zero-order valence-corrected chi connectivity index (χ0v) is 25.2. The number of methoxy groups -OCH3 is 1. The van der Waals surface area contributed by atoms with Crippen LogP contribution < -0.4 is 44.9 Å². The number of hydrogen-bond donors (Lipinski definition) is 2. The van der Waals surface area contributed by atoms with Gasteiger partial charge in [-0.15, -0.1) is 47.5 Å². The SMILES string of the molecule is CCCCCCNC.COc1cc(SC)ccc1NCC#Cc1cc2[c-]cccc2n1CC(F)(F)F.[Na+]. The van der Waals surface area contributed by atoms with Crippen molar-refractivity contribution in [1.29, 1.82) is 0 Å². The number of benzene rings is 2. The van der Waals surface area contributed by atoms with Crippen molar-refractivity contribution in [2.75, 3.05) is 38.8 Å². The van der Waals surface area contributed by atoms with Crippen LogP contribution >= 0.6 is 11.8 Å². The molecule has 3 aromatic rings. The zero-order valence-electron chi connectivity index (χ0n) is 22.4. The van der Waals surface area contributed by atoms with E-state index in [0.29, 0.717) is 22.3 Å². The van der Waals surface area contributed by atoms with Crippen LogP contribution in [0.1, 0.15) is 38.3 Å². The van der Waals surface area contributed by atoms with E-state index in [1.165, 1.54) is 36.8 Å². The first-order valence-corrected chi connectivity index (χ1v) is 13.2. The van der Waals surface area contributed by atoms with Crippen LogP contribution in [0.4, 0.5) is 18.9 Å². The number of alkyl halides is 3. The maximum Gasteiger partial charge on any atom is 1.00 e. The third-order valence-electron chi connectivity index (χ3n) is 5.34. The van der Waals surface area contributed by atoms with Gasteiger partial charge in [0.05, 0.1) is 19.3 Å². The molecule has 9 heteroatoms. The van der Waals surface area contributed by atoms with Gasteiger partial charge in [-0.25, -0.2) is 0 Å². The molecule has 0 saturated carbocycles. The Bertz CT molecular complexity index is 1130. The molecule has 1 aromatic heterocycles. The van der Waals surface area contributed by atoms with Gasteiger partial charge in [-0.2, -0.15) is 13.2 Å². The standard InChI is InChI=1S/C21H18F3N2OS.C7H17N.Na/c1-27-20-13-17(28-2)9-10-18(20)25-11-5-7-16-12-15-6-3-4-8-19(15)26(16)14-21(22,23)24;1-3-4-5-6-7-8-2;/h3-4,8-10,12-13,25H,11,14H2,1-2H3;8H,3-7H2,1-2H3;/q-1;;+1. The van der Waals surface area contributed by atoms with E-state index in [9.17, 15) is 13.2 Å². The maximum atomic E-state index is 13.0. The fourth-order valence-electron chi connectivity index (χ4n) is 3.54. The van der Waals surface area contributed by atoms with Crippen molar-refractivity contribution in [2.45, 2.75) is 50.2 Å². The molecule has 0 fully saturated rings. The topological polar surface area (TPSA) is 38.2 Å². The van der Waals surface area contributed by atoms with Gasteiger partial charge in [0.25, 0.3) is 0 Å². The number of anilines is 1. The summed E-state index contributed by atoms with van der Waals surface area (Å²) >= 11 is 1.61. The quantitative estimate of drug-likeness (QED) is 0.134. The Morgan fingerprint density at radius 2 is 1.92 bits per heavy atom. The van der Waals surface area contributed by atoms with Crippen molar-refractivity contribution >= 4 is 28.4 Å². The molecule has 1 heterocycles. The summed E-state index contributed by atoms with van der Waals surface area (Å²) in [5.74, 6) is 6.42. The number of unbranched alkanes of at least 4 members (excludes halogenated alkanes) is 3. The van der Waals surface area contributed by atoms with Crippen molar-refractivity contribution in [3.63, 3.8) is 0 Å². The van der Waals surface area contributed by atoms with Gasteiger partial charge in [0.1, 0.15) is 12.3 Å². The van der Waals surface area contributed by atoms with E-state index < -0.39 is 12.7 Å². The van der Waals surface area contributed by atoms with E-state index in [2.05, 4.69) is 35.5 Å². The van der Waals surface area contributed by atoms with Crippen LogP contribution in [0.3, 0.4) is 0 Å². The van der Waals surface area contributed by atoms with Crippen LogP contribution in [0.25, 0.3) is 10.9 Å². The van der Waals surface area contributed by atoms with Crippen molar-refractivity contribution in [3.05, 3.63) is 54.2 Å². The molecule has 0 atom stereocenters. The van der Waals surface area contributed by atoms with E-state index in [4.69, 9.17) is 4.74 Å². The second-order valence-corrected chi connectivity index (χ2v) is 8.97. The first kappa shape index (κ1) is 33.3. The number of halogens is 3. The summed E-state index contributed by atoms with van der Waals surface area (Å²) in [7, 11) is 3.59. The van der Waals surface area contributed by atoms with Gasteiger partial charge in [0, 0.05) is 10.6 Å². The molecule has 0 spiro atoms. The zero-order chi connectivity index (χ0) is 26.4. The number of hydrogen-bond acceptors (Lipinski definition) is 4. The molecule has 4 nitrogen and oxygen atoms in total. The molecular weight excluding hydrogens is 506 g/mol. The summed E-state index contributed by atoms with van der Waals surface area (Å²) < 4.78 is 45.5. The van der Waals surface area contributed by atoms with E-state index in [1.807, 2.05) is 31.5 Å². The summed E-state index contributed by atoms with van der Waals surface area (Å²) in [6.45, 7) is 2.60. The van der Waals surface area contributed by atoms with E-state index in [1.54, 1.807) is 43.1 Å². The summed E-state index contributed by atoms with van der Waals surface area (Å²) in [6.07, 6.45) is 3.10. The molecule has 2 aromatic carbocycles. The molecular formula is C28H35F3N3NaOS. The minimum Gasteiger partial charge on any atom is -0.495 e. The molecule has 0 aliphatic heterocycles. The van der Waals surface area contributed by atoms with E-state index in [-0.39, 0.29) is 36.1 Å². The third kappa shape index (κ3) is 11.7. The van der Waals surface area contributed by atoms with Crippen molar-refractivity contribution in [3.8, 4) is 17.6 Å². The van der Waals surface area contributed by atoms with Crippen LogP contribution in [-0.2, 0) is 6.54 Å². The molecule has 3 rings (SSSR count). The number of nitrogens with one attached hydrogen (secondary N) is 2. The Morgan fingerprint density at radius 3 is 2.57 bits per heavy atom. The summed E-state index contributed by atoms with van der Waals surface area (Å²) in [6, 6.07) is 15.3. The van der Waals surface area contributed by atoms with Crippen LogP contribution in [0.2, 0.25) is 0 Å². The number of ether oxygens (including phenoxy) is 1. The summed E-state index contributed by atoms with van der Waals surface area (Å²) in [5, 5.41) is 6.88. The molecule has 0 bridgehead atoms. The minimum atomic E-state index is -4.33. The first-order valence-electron chi connectivity index (χ1n) is 12.0. The maximum absolute atomic E-state index is 13.0. The second kappa shape index (κ2) is 17.7. The normalized spacial score (nSPS) is 10.6. The molecule has 0 saturated heterocycles. The van der Waals surface area contributed by atoms with Gasteiger partial charge in [0.2, 0.25) is 0 Å².